The highest BCUT2D eigenvalue weighted by molar-refractivity contribution is 6.10. The van der Waals surface area contributed by atoms with Gasteiger partial charge in [-0.3, -0.25) is 0 Å². The molecule has 2 heterocycles. The largest absolute Gasteiger partial charge is 0.310 e. The molecule has 0 saturated carbocycles. The average molecular weight is 715 g/mol. The molecule has 0 saturated heterocycles. The topological polar surface area (TPSA) is 9.86 Å². The predicted molar refractivity (Wildman–Crippen MR) is 236 cm³/mol. The van der Waals surface area contributed by atoms with Gasteiger partial charge in [0.05, 0.1) is 16.6 Å². The molecule has 2 heteroatoms. The Balaban J connectivity index is 1.09. The standard InChI is InChI=1S/C54H38N2/c1-4-16-37(17-5-1)40-22-14-23-44(33-40)56-52-29-13-10-24-47(52)49-27-15-26-46(54(49)56)41-30-31-53-50(36-41)48-25-11-12-28-51(48)55(53)45-34-42(38-18-6-2-7-19-38)32-43(35-45)39-20-8-3-9-21-39/h1-35,41H,36H2. The Labute approximate surface area is 326 Å². The average Bonchev–Trinajstić information content (AvgIpc) is 3.80. The van der Waals surface area contributed by atoms with Crippen LogP contribution in [0.25, 0.3) is 83.5 Å². The second kappa shape index (κ2) is 13.3. The molecule has 264 valence electrons. The maximum Gasteiger partial charge on any atom is 0.0579 e. The zero-order valence-electron chi connectivity index (χ0n) is 30.9. The summed E-state index contributed by atoms with van der Waals surface area (Å²) in [5.74, 6) is 0.196. The highest BCUT2D eigenvalue weighted by Crippen LogP contribution is 2.43. The van der Waals surface area contributed by atoms with Crippen LogP contribution in [0.15, 0.2) is 206 Å². The smallest absolute Gasteiger partial charge is 0.0579 e. The van der Waals surface area contributed by atoms with Crippen LogP contribution in [0.2, 0.25) is 0 Å². The van der Waals surface area contributed by atoms with Crippen LogP contribution >= 0.6 is 0 Å². The number of benzene rings is 8. The molecule has 11 rings (SSSR count). The van der Waals surface area contributed by atoms with Crippen LogP contribution in [0.3, 0.4) is 0 Å². The molecule has 1 unspecified atom stereocenters. The zero-order valence-corrected chi connectivity index (χ0v) is 30.9. The lowest BCUT2D eigenvalue weighted by Crippen LogP contribution is -2.09. The zero-order chi connectivity index (χ0) is 37.0. The predicted octanol–water partition coefficient (Wildman–Crippen LogP) is 14.1. The fraction of sp³-hybridized carbons (Fsp3) is 0.0370. The van der Waals surface area contributed by atoms with Gasteiger partial charge in [0.15, 0.2) is 0 Å². The first kappa shape index (κ1) is 32.3. The van der Waals surface area contributed by atoms with Crippen molar-refractivity contribution in [3.63, 3.8) is 0 Å². The third-order valence-electron chi connectivity index (χ3n) is 11.7. The van der Waals surface area contributed by atoms with Crippen molar-refractivity contribution in [2.24, 2.45) is 0 Å². The van der Waals surface area contributed by atoms with Gasteiger partial charge in [0.2, 0.25) is 0 Å². The van der Waals surface area contributed by atoms with Gasteiger partial charge in [-0.05, 0) is 99.5 Å². The molecule has 1 aliphatic carbocycles. The van der Waals surface area contributed by atoms with Gasteiger partial charge in [-0.25, -0.2) is 0 Å². The highest BCUT2D eigenvalue weighted by Gasteiger charge is 2.27. The Hall–Kier alpha value is -7.16. The Morgan fingerprint density at radius 3 is 1.57 bits per heavy atom. The van der Waals surface area contributed by atoms with Crippen molar-refractivity contribution in [1.29, 1.82) is 0 Å². The first-order valence-electron chi connectivity index (χ1n) is 19.5. The monoisotopic (exact) mass is 714 g/mol. The lowest BCUT2D eigenvalue weighted by Gasteiger charge is -2.22. The second-order valence-corrected chi connectivity index (χ2v) is 14.9. The highest BCUT2D eigenvalue weighted by atomic mass is 15.0. The molecule has 1 atom stereocenters. The minimum absolute atomic E-state index is 0.196. The minimum Gasteiger partial charge on any atom is -0.310 e. The second-order valence-electron chi connectivity index (χ2n) is 14.9. The molecule has 0 aliphatic heterocycles. The molecule has 0 bridgehead atoms. The number of hydrogen-bond acceptors (Lipinski definition) is 0. The van der Waals surface area contributed by atoms with Crippen molar-refractivity contribution in [2.75, 3.05) is 0 Å². The van der Waals surface area contributed by atoms with Crippen molar-refractivity contribution in [1.82, 2.24) is 9.13 Å². The van der Waals surface area contributed by atoms with E-state index in [0.29, 0.717) is 0 Å². The number of para-hydroxylation sites is 3. The molecule has 0 radical (unpaired) electrons. The van der Waals surface area contributed by atoms with E-state index in [1.165, 1.54) is 94.3 Å². The Morgan fingerprint density at radius 1 is 0.375 bits per heavy atom. The Bertz CT molecular complexity index is 3030. The molecule has 1 aliphatic rings. The lowest BCUT2D eigenvalue weighted by molar-refractivity contribution is 0.828. The number of nitrogens with zero attached hydrogens (tertiary/aromatic N) is 2. The Morgan fingerprint density at radius 2 is 0.893 bits per heavy atom. The van der Waals surface area contributed by atoms with E-state index in [4.69, 9.17) is 0 Å². The summed E-state index contributed by atoms with van der Waals surface area (Å²) in [4.78, 5) is 0. The van der Waals surface area contributed by atoms with Gasteiger partial charge in [-0.2, -0.15) is 0 Å². The van der Waals surface area contributed by atoms with Crippen molar-refractivity contribution in [2.45, 2.75) is 12.3 Å². The number of allylic oxidation sites excluding steroid dienone is 1. The Kier molecular flexibility index (Phi) is 7.67. The fourth-order valence-corrected chi connectivity index (χ4v) is 9.11. The maximum atomic E-state index is 2.50. The minimum atomic E-state index is 0.196. The van der Waals surface area contributed by atoms with E-state index in [1.54, 1.807) is 0 Å². The van der Waals surface area contributed by atoms with Gasteiger partial charge in [0.25, 0.3) is 0 Å². The molecule has 0 spiro atoms. The van der Waals surface area contributed by atoms with E-state index in [9.17, 15) is 0 Å². The quantitative estimate of drug-likeness (QED) is 0.162. The molecule has 0 amide bonds. The number of hydrogen-bond donors (Lipinski definition) is 0. The van der Waals surface area contributed by atoms with Crippen molar-refractivity contribution in [3.8, 4) is 44.8 Å². The number of rotatable bonds is 6. The van der Waals surface area contributed by atoms with E-state index >= 15 is 0 Å². The summed E-state index contributed by atoms with van der Waals surface area (Å²) in [5, 5.41) is 3.88. The molecular formula is C54H38N2. The first-order valence-corrected chi connectivity index (χ1v) is 19.5. The molecule has 8 aromatic carbocycles. The van der Waals surface area contributed by atoms with Crippen LogP contribution in [-0.4, -0.2) is 9.13 Å². The fourth-order valence-electron chi connectivity index (χ4n) is 9.11. The van der Waals surface area contributed by atoms with Crippen LogP contribution in [0, 0.1) is 0 Å². The van der Waals surface area contributed by atoms with E-state index in [0.717, 1.165) is 6.42 Å². The van der Waals surface area contributed by atoms with Gasteiger partial charge < -0.3 is 9.13 Å². The van der Waals surface area contributed by atoms with Gasteiger partial charge >= 0.3 is 0 Å². The SMILES string of the molecule is C1=CC(c2cccc3c4ccccc4n(-c4cccc(-c5ccccc5)c4)c23)Cc2c1n(-c1cc(-c3ccccc3)cc(-c3ccccc3)c1)c1ccccc21. The van der Waals surface area contributed by atoms with Crippen LogP contribution < -0.4 is 0 Å². The maximum absolute atomic E-state index is 2.50. The molecule has 0 fully saturated rings. The summed E-state index contributed by atoms with van der Waals surface area (Å²) >= 11 is 0. The van der Waals surface area contributed by atoms with Gasteiger partial charge in [-0.1, -0.05) is 164 Å². The van der Waals surface area contributed by atoms with Crippen LogP contribution in [0.4, 0.5) is 0 Å². The summed E-state index contributed by atoms with van der Waals surface area (Å²) in [6.07, 6.45) is 5.75. The van der Waals surface area contributed by atoms with Crippen LogP contribution in [0.1, 0.15) is 22.7 Å². The summed E-state index contributed by atoms with van der Waals surface area (Å²) in [7, 11) is 0. The summed E-state index contributed by atoms with van der Waals surface area (Å²) in [5.41, 5.74) is 17.4. The molecule has 0 N–H and O–H groups in total. The van der Waals surface area contributed by atoms with Crippen LogP contribution in [-0.2, 0) is 6.42 Å². The van der Waals surface area contributed by atoms with Gasteiger partial charge in [0, 0.05) is 39.1 Å². The van der Waals surface area contributed by atoms with E-state index in [-0.39, 0.29) is 5.92 Å². The first-order chi connectivity index (χ1) is 27.8. The van der Waals surface area contributed by atoms with Gasteiger partial charge in [0.1, 0.15) is 0 Å². The van der Waals surface area contributed by atoms with E-state index in [2.05, 4.69) is 221 Å². The third-order valence-corrected chi connectivity index (χ3v) is 11.7. The summed E-state index contributed by atoms with van der Waals surface area (Å²) < 4.78 is 4.99. The third kappa shape index (κ3) is 5.33. The van der Waals surface area contributed by atoms with Crippen molar-refractivity contribution < 1.29 is 0 Å². The summed E-state index contributed by atoms with van der Waals surface area (Å²) in [6, 6.07) is 73.0. The molecule has 2 nitrogen and oxygen atoms in total. The lowest BCUT2D eigenvalue weighted by atomic mass is 9.85. The van der Waals surface area contributed by atoms with E-state index < -0.39 is 0 Å². The molecular weight excluding hydrogens is 677 g/mol. The van der Waals surface area contributed by atoms with E-state index in [1.807, 2.05) is 0 Å². The van der Waals surface area contributed by atoms with Gasteiger partial charge in [-0.15, -0.1) is 0 Å². The summed E-state index contributed by atoms with van der Waals surface area (Å²) in [6.45, 7) is 0. The van der Waals surface area contributed by atoms with Crippen LogP contribution in [0.5, 0.6) is 0 Å². The van der Waals surface area contributed by atoms with Crippen molar-refractivity contribution in [3.05, 3.63) is 223 Å². The molecule has 56 heavy (non-hydrogen) atoms. The molecule has 10 aromatic rings. The normalized spacial score (nSPS) is 13.8. The number of fused-ring (bicyclic) bond motifs is 6. The number of aromatic nitrogens is 2. The van der Waals surface area contributed by atoms with Crippen molar-refractivity contribution >= 4 is 38.8 Å². The molecule has 2 aromatic heterocycles.